The number of likely N-dealkylation sites (tertiary alicyclic amines) is 1. The summed E-state index contributed by atoms with van der Waals surface area (Å²) in [5, 5.41) is 16.2. The molecule has 2 aromatic heterocycles. The minimum absolute atomic E-state index is 0.0498. The third-order valence-electron chi connectivity index (χ3n) is 8.16. The highest BCUT2D eigenvalue weighted by Gasteiger charge is 2.35. The Morgan fingerprint density at radius 2 is 1.73 bits per heavy atom. The van der Waals surface area contributed by atoms with Gasteiger partial charge in [-0.2, -0.15) is 5.10 Å². The molecule has 0 radical (unpaired) electrons. The smallest absolute Gasteiger partial charge is 0.264 e. The van der Waals surface area contributed by atoms with E-state index in [9.17, 15) is 14.7 Å². The number of nitrogens with zero attached hydrogens (tertiary/aromatic N) is 5. The molecule has 2 aliphatic heterocycles. The van der Waals surface area contributed by atoms with E-state index in [4.69, 9.17) is 4.74 Å². The second-order valence-corrected chi connectivity index (χ2v) is 10.8. The van der Waals surface area contributed by atoms with Crippen LogP contribution in [0.3, 0.4) is 0 Å². The maximum atomic E-state index is 13.4. The summed E-state index contributed by atoms with van der Waals surface area (Å²) in [7, 11) is 0. The van der Waals surface area contributed by atoms with Gasteiger partial charge in [-0.25, -0.2) is 9.67 Å². The van der Waals surface area contributed by atoms with Crippen molar-refractivity contribution in [2.24, 2.45) is 0 Å². The summed E-state index contributed by atoms with van der Waals surface area (Å²) in [5.74, 6) is 0.795. The molecule has 0 bridgehead atoms. The zero-order valence-corrected chi connectivity index (χ0v) is 22.4. The third kappa shape index (κ3) is 4.68. The first kappa shape index (κ1) is 25.2. The number of ether oxygens (including phenoxy) is 1. The van der Waals surface area contributed by atoms with Gasteiger partial charge in [0, 0.05) is 25.1 Å². The molecule has 1 amide bonds. The molecule has 2 aliphatic rings. The number of amides is 1. The van der Waals surface area contributed by atoms with E-state index < -0.39 is 5.60 Å². The lowest BCUT2D eigenvalue weighted by atomic mass is 9.90. The lowest BCUT2D eigenvalue weighted by Crippen LogP contribution is -2.49. The Morgan fingerprint density at radius 1 is 0.976 bits per heavy atom. The third-order valence-corrected chi connectivity index (χ3v) is 8.16. The van der Waals surface area contributed by atoms with Crippen LogP contribution in [-0.2, 0) is 13.0 Å². The summed E-state index contributed by atoms with van der Waals surface area (Å²) in [4.78, 5) is 32.8. The molecule has 0 aliphatic carbocycles. The first-order valence-electron chi connectivity index (χ1n) is 13.8. The lowest BCUT2D eigenvalue weighted by molar-refractivity contribution is -0.0299. The number of carbonyl (C=O) groups excluding carboxylic acids is 1. The lowest BCUT2D eigenvalue weighted by Gasteiger charge is -2.38. The standard InChI is InChI=1S/C32H29N5O4/c38-30(25-8-11-28-24(18-25)12-17-41-28)35-15-13-32(40,14-16-35)20-36-21-33-29-27(31(36)39)19-34-37(29)26-9-6-23(7-10-26)22-4-2-1-3-5-22/h1-11,18-19,21,40H,12-17,20H2. The maximum absolute atomic E-state index is 13.4. The first-order valence-corrected chi connectivity index (χ1v) is 13.8. The Morgan fingerprint density at radius 3 is 2.51 bits per heavy atom. The predicted molar refractivity (Wildman–Crippen MR) is 154 cm³/mol. The van der Waals surface area contributed by atoms with Crippen molar-refractivity contribution >= 4 is 16.9 Å². The first-order chi connectivity index (χ1) is 20.0. The molecule has 0 unspecified atom stereocenters. The number of hydrogen-bond acceptors (Lipinski definition) is 6. The van der Waals surface area contributed by atoms with Crippen LogP contribution in [0.25, 0.3) is 27.8 Å². The fraction of sp³-hybridized carbons (Fsp3) is 0.250. The molecule has 9 heteroatoms. The van der Waals surface area contributed by atoms with Crippen LogP contribution in [0, 0.1) is 0 Å². The van der Waals surface area contributed by atoms with Crippen molar-refractivity contribution in [3.8, 4) is 22.6 Å². The Kier molecular flexibility index (Phi) is 6.16. The SMILES string of the molecule is O=C(c1ccc2c(c1)CCO2)N1CCC(O)(Cn2cnc3c(cnn3-c3ccc(-c4ccccc4)cc3)c2=O)CC1. The van der Waals surface area contributed by atoms with Gasteiger partial charge in [0.1, 0.15) is 17.5 Å². The van der Waals surface area contributed by atoms with Crippen LogP contribution in [0.5, 0.6) is 5.75 Å². The number of aromatic nitrogens is 4. The molecular formula is C32H29N5O4. The maximum Gasteiger partial charge on any atom is 0.264 e. The summed E-state index contributed by atoms with van der Waals surface area (Å²) >= 11 is 0. The zero-order valence-electron chi connectivity index (χ0n) is 22.4. The fourth-order valence-corrected chi connectivity index (χ4v) is 5.78. The number of benzene rings is 3. The molecule has 5 aromatic rings. The molecule has 0 atom stereocenters. The van der Waals surface area contributed by atoms with Crippen molar-refractivity contribution in [2.45, 2.75) is 31.4 Å². The van der Waals surface area contributed by atoms with Gasteiger partial charge >= 0.3 is 0 Å². The summed E-state index contributed by atoms with van der Waals surface area (Å²) in [6.07, 6.45) is 4.54. The van der Waals surface area contributed by atoms with Gasteiger partial charge in [-0.15, -0.1) is 0 Å². The molecule has 0 saturated carbocycles. The van der Waals surface area contributed by atoms with Crippen LogP contribution in [0.1, 0.15) is 28.8 Å². The second-order valence-electron chi connectivity index (χ2n) is 10.8. The van der Waals surface area contributed by atoms with E-state index >= 15 is 0 Å². The molecule has 7 rings (SSSR count). The van der Waals surface area contributed by atoms with Crippen molar-refractivity contribution < 1.29 is 14.6 Å². The van der Waals surface area contributed by atoms with E-state index in [1.54, 1.807) is 15.6 Å². The molecule has 4 heterocycles. The van der Waals surface area contributed by atoms with Gasteiger partial charge in [-0.1, -0.05) is 42.5 Å². The monoisotopic (exact) mass is 547 g/mol. The van der Waals surface area contributed by atoms with Gasteiger partial charge in [0.05, 0.1) is 30.6 Å². The number of carbonyl (C=O) groups is 1. The molecule has 41 heavy (non-hydrogen) atoms. The molecule has 1 fully saturated rings. The van der Waals surface area contributed by atoms with Crippen molar-refractivity contribution in [3.05, 3.63) is 107 Å². The van der Waals surface area contributed by atoms with E-state index in [-0.39, 0.29) is 18.0 Å². The summed E-state index contributed by atoms with van der Waals surface area (Å²) in [6.45, 7) is 1.56. The van der Waals surface area contributed by atoms with Crippen LogP contribution >= 0.6 is 0 Å². The van der Waals surface area contributed by atoms with Crippen molar-refractivity contribution in [2.75, 3.05) is 19.7 Å². The molecular weight excluding hydrogens is 518 g/mol. The normalized spacial score (nSPS) is 16.0. The summed E-state index contributed by atoms with van der Waals surface area (Å²) in [6, 6.07) is 23.6. The topological polar surface area (TPSA) is 102 Å². The quantitative estimate of drug-likeness (QED) is 0.359. The Bertz CT molecular complexity index is 1800. The van der Waals surface area contributed by atoms with Gasteiger partial charge in [0.25, 0.3) is 11.5 Å². The molecule has 206 valence electrons. The van der Waals surface area contributed by atoms with Crippen molar-refractivity contribution in [1.29, 1.82) is 0 Å². The van der Waals surface area contributed by atoms with Crippen LogP contribution in [0.4, 0.5) is 0 Å². The number of aliphatic hydroxyl groups is 1. The molecule has 1 saturated heterocycles. The number of fused-ring (bicyclic) bond motifs is 2. The average Bonchev–Trinajstić information content (AvgIpc) is 3.66. The van der Waals surface area contributed by atoms with Crippen LogP contribution in [0.2, 0.25) is 0 Å². The Hall–Kier alpha value is -4.76. The van der Waals surface area contributed by atoms with E-state index in [0.717, 1.165) is 34.5 Å². The van der Waals surface area contributed by atoms with Gasteiger partial charge in [-0.05, 0) is 59.9 Å². The number of hydrogen-bond donors (Lipinski definition) is 1. The van der Waals surface area contributed by atoms with Gasteiger partial charge in [0.2, 0.25) is 0 Å². The van der Waals surface area contributed by atoms with Crippen molar-refractivity contribution in [3.63, 3.8) is 0 Å². The van der Waals surface area contributed by atoms with E-state index in [1.807, 2.05) is 54.6 Å². The van der Waals surface area contributed by atoms with Gasteiger partial charge < -0.3 is 14.7 Å². The molecule has 0 spiro atoms. The number of piperidine rings is 1. The highest BCUT2D eigenvalue weighted by Crippen LogP contribution is 2.29. The zero-order chi connectivity index (χ0) is 28.0. The van der Waals surface area contributed by atoms with E-state index in [1.165, 1.54) is 17.1 Å². The Labute approximate surface area is 236 Å². The van der Waals surface area contributed by atoms with Crippen LogP contribution in [0.15, 0.2) is 90.1 Å². The summed E-state index contributed by atoms with van der Waals surface area (Å²) < 4.78 is 8.65. The van der Waals surface area contributed by atoms with Gasteiger partial charge in [0.15, 0.2) is 5.65 Å². The van der Waals surface area contributed by atoms with E-state index in [0.29, 0.717) is 49.1 Å². The van der Waals surface area contributed by atoms with Crippen molar-refractivity contribution in [1.82, 2.24) is 24.2 Å². The Balaban J connectivity index is 1.05. The fourth-order valence-electron chi connectivity index (χ4n) is 5.78. The number of rotatable bonds is 5. The predicted octanol–water partition coefficient (Wildman–Crippen LogP) is 3.85. The average molecular weight is 548 g/mol. The molecule has 1 N–H and O–H groups in total. The molecule has 3 aromatic carbocycles. The summed E-state index contributed by atoms with van der Waals surface area (Å²) in [5.41, 5.74) is 3.79. The highest BCUT2D eigenvalue weighted by atomic mass is 16.5. The highest BCUT2D eigenvalue weighted by molar-refractivity contribution is 5.94. The minimum Gasteiger partial charge on any atom is -0.493 e. The van der Waals surface area contributed by atoms with E-state index in [2.05, 4.69) is 22.2 Å². The van der Waals surface area contributed by atoms with Crippen LogP contribution in [-0.4, -0.2) is 60.5 Å². The second kappa shape index (κ2) is 10.0. The molecule has 9 nitrogen and oxygen atoms in total. The minimum atomic E-state index is -1.12. The van der Waals surface area contributed by atoms with Gasteiger partial charge in [-0.3, -0.25) is 14.2 Å². The van der Waals surface area contributed by atoms with Crippen LogP contribution < -0.4 is 10.3 Å². The largest absolute Gasteiger partial charge is 0.493 e.